The molecule has 0 aliphatic carbocycles. The lowest BCUT2D eigenvalue weighted by atomic mass is 10.0. The van der Waals surface area contributed by atoms with Crippen molar-refractivity contribution < 1.29 is 18.3 Å². The van der Waals surface area contributed by atoms with Gasteiger partial charge in [-0.3, -0.25) is 5.41 Å². The third kappa shape index (κ3) is 4.68. The first-order chi connectivity index (χ1) is 15.9. The number of hydrogen-bond donors (Lipinski definition) is 3. The van der Waals surface area contributed by atoms with Crippen LogP contribution in [0.25, 0.3) is 5.57 Å². The first kappa shape index (κ1) is 22.7. The number of aromatic nitrogens is 2. The Labute approximate surface area is 193 Å². The van der Waals surface area contributed by atoms with Crippen LogP contribution in [-0.4, -0.2) is 34.9 Å². The second-order valence-electron chi connectivity index (χ2n) is 7.37. The van der Waals surface area contributed by atoms with E-state index < -0.39 is 17.6 Å². The summed E-state index contributed by atoms with van der Waals surface area (Å²) in [4.78, 5) is 22.7. The number of benzene rings is 1. The zero-order valence-electron chi connectivity index (χ0n) is 17.8. The summed E-state index contributed by atoms with van der Waals surface area (Å²) in [5.74, 6) is -1.09. The molecule has 0 saturated carbocycles. The molecule has 2 aliphatic heterocycles. The Morgan fingerprint density at radius 3 is 2.97 bits per heavy atom. The molecule has 0 spiro atoms. The number of rotatable bonds is 6. The van der Waals surface area contributed by atoms with Gasteiger partial charge in [0.15, 0.2) is 5.82 Å². The Morgan fingerprint density at radius 2 is 2.21 bits per heavy atom. The van der Waals surface area contributed by atoms with Gasteiger partial charge in [-0.15, -0.1) is 0 Å². The molecule has 0 amide bonds. The summed E-state index contributed by atoms with van der Waals surface area (Å²) in [7, 11) is 0. The van der Waals surface area contributed by atoms with Crippen molar-refractivity contribution in [3.8, 4) is 0 Å². The number of halogens is 2. The van der Waals surface area contributed by atoms with Crippen LogP contribution in [-0.2, 0) is 9.53 Å². The van der Waals surface area contributed by atoms with Gasteiger partial charge in [-0.2, -0.15) is 0 Å². The van der Waals surface area contributed by atoms with Gasteiger partial charge < -0.3 is 20.7 Å². The van der Waals surface area contributed by atoms with Crippen molar-refractivity contribution in [2.24, 2.45) is 5.73 Å². The van der Waals surface area contributed by atoms with Crippen LogP contribution in [0.4, 0.5) is 14.6 Å². The van der Waals surface area contributed by atoms with Gasteiger partial charge in [0.1, 0.15) is 29.0 Å². The van der Waals surface area contributed by atoms with Crippen molar-refractivity contribution >= 4 is 35.0 Å². The van der Waals surface area contributed by atoms with Gasteiger partial charge in [0.2, 0.25) is 0 Å². The first-order valence-corrected chi connectivity index (χ1v) is 11.2. The number of nitrogens with zero attached hydrogens (tertiary/aromatic N) is 3. The fourth-order valence-electron chi connectivity index (χ4n) is 3.84. The van der Waals surface area contributed by atoms with E-state index in [1.165, 1.54) is 24.0 Å². The van der Waals surface area contributed by atoms with Crippen LogP contribution < -0.4 is 16.0 Å². The Balaban J connectivity index is 1.66. The maximum atomic E-state index is 14.5. The molecule has 3 heterocycles. The second kappa shape index (κ2) is 9.57. The minimum Gasteiger partial charge on any atom is -0.461 e. The molecule has 8 nitrogen and oxygen atoms in total. The standard InChI is InChI=1S/C22H22F2N6O2S/c1-2-32-22(31)15-11-33-21(28-15)18(19(25)26)20-27-8-7-17(29-20)30-9-3-4-16(30)13-10-12(23)5-6-14(13)24/h5-8,10-11,16,28H,2-4,9H2,1H3,(H3,25,26). The van der Waals surface area contributed by atoms with E-state index in [0.717, 1.165) is 18.6 Å². The molecule has 0 radical (unpaired) electrons. The molecule has 0 bridgehead atoms. The number of ether oxygens (including phenoxy) is 1. The molecule has 2 aliphatic rings. The highest BCUT2D eigenvalue weighted by Gasteiger charge is 2.31. The summed E-state index contributed by atoms with van der Waals surface area (Å²) in [6, 6.07) is 4.73. The maximum Gasteiger partial charge on any atom is 0.355 e. The van der Waals surface area contributed by atoms with E-state index in [2.05, 4.69) is 15.3 Å². The highest BCUT2D eigenvalue weighted by molar-refractivity contribution is 8.06. The fraction of sp³-hybridized carbons (Fsp3) is 0.273. The number of amidine groups is 1. The Hall–Kier alpha value is -3.47. The van der Waals surface area contributed by atoms with E-state index in [-0.39, 0.29) is 41.1 Å². The molecule has 1 fully saturated rings. The summed E-state index contributed by atoms with van der Waals surface area (Å²) in [6.07, 6.45) is 2.95. The number of carbonyl (C=O) groups is 1. The Kier molecular flexibility index (Phi) is 6.59. The van der Waals surface area contributed by atoms with Crippen molar-refractivity contribution in [1.29, 1.82) is 5.41 Å². The topological polar surface area (TPSA) is 117 Å². The third-order valence-corrected chi connectivity index (χ3v) is 6.16. The molecule has 1 saturated heterocycles. The highest BCUT2D eigenvalue weighted by atomic mass is 32.2. The zero-order valence-corrected chi connectivity index (χ0v) is 18.6. The van der Waals surface area contributed by atoms with E-state index in [4.69, 9.17) is 15.9 Å². The molecule has 11 heteroatoms. The summed E-state index contributed by atoms with van der Waals surface area (Å²) < 4.78 is 33.2. The number of anilines is 1. The Bertz CT molecular complexity index is 1170. The number of nitrogens with one attached hydrogen (secondary N) is 2. The second-order valence-corrected chi connectivity index (χ2v) is 8.25. The van der Waals surface area contributed by atoms with Gasteiger partial charge in [-0.25, -0.2) is 23.5 Å². The monoisotopic (exact) mass is 472 g/mol. The van der Waals surface area contributed by atoms with Gasteiger partial charge in [-0.1, -0.05) is 11.8 Å². The fourth-order valence-corrected chi connectivity index (χ4v) is 4.72. The van der Waals surface area contributed by atoms with Crippen molar-refractivity contribution in [2.75, 3.05) is 18.1 Å². The quantitative estimate of drug-likeness (QED) is 0.333. The van der Waals surface area contributed by atoms with Crippen LogP contribution in [0.5, 0.6) is 0 Å². The molecule has 33 heavy (non-hydrogen) atoms. The molecule has 1 aromatic heterocycles. The van der Waals surface area contributed by atoms with Gasteiger partial charge in [0.25, 0.3) is 0 Å². The summed E-state index contributed by atoms with van der Waals surface area (Å²) >= 11 is 1.17. The number of nitrogens with two attached hydrogens (primary N) is 1. The maximum absolute atomic E-state index is 14.5. The number of carbonyl (C=O) groups excluding carboxylic acids is 1. The predicted octanol–water partition coefficient (Wildman–Crippen LogP) is 3.44. The molecular formula is C22H22F2N6O2S. The van der Waals surface area contributed by atoms with E-state index >= 15 is 0 Å². The normalized spacial score (nSPS) is 19.2. The lowest BCUT2D eigenvalue weighted by Gasteiger charge is -2.26. The molecule has 1 atom stereocenters. The van der Waals surface area contributed by atoms with Gasteiger partial charge in [0, 0.05) is 23.7 Å². The van der Waals surface area contributed by atoms with E-state index in [9.17, 15) is 13.6 Å². The average Bonchev–Trinajstić information content (AvgIpc) is 3.46. The SMILES string of the molecule is CCOC(=O)C1=CSC(=C(C(=N)N)c2nccc(N3CCCC3c3cc(F)ccc3F)n2)N1. The van der Waals surface area contributed by atoms with Crippen LogP contribution in [0, 0.1) is 17.0 Å². The van der Waals surface area contributed by atoms with Gasteiger partial charge in [0.05, 0.1) is 23.3 Å². The number of thioether (sulfide) groups is 1. The first-order valence-electron chi connectivity index (χ1n) is 10.3. The lowest BCUT2D eigenvalue weighted by molar-refractivity contribution is -0.138. The van der Waals surface area contributed by atoms with Crippen LogP contribution >= 0.6 is 11.8 Å². The molecule has 1 aromatic carbocycles. The molecule has 172 valence electrons. The highest BCUT2D eigenvalue weighted by Crippen LogP contribution is 2.37. The minimum absolute atomic E-state index is 0.180. The van der Waals surface area contributed by atoms with E-state index in [1.54, 1.807) is 18.4 Å². The molecule has 4 rings (SSSR count). The number of hydrogen-bond acceptors (Lipinski definition) is 8. The summed E-state index contributed by atoms with van der Waals surface area (Å²) in [5.41, 5.74) is 6.56. The number of esters is 1. The van der Waals surface area contributed by atoms with Crippen LogP contribution in [0.1, 0.15) is 37.2 Å². The van der Waals surface area contributed by atoms with Crippen LogP contribution in [0.2, 0.25) is 0 Å². The van der Waals surface area contributed by atoms with Crippen molar-refractivity contribution in [2.45, 2.75) is 25.8 Å². The molecule has 4 N–H and O–H groups in total. The third-order valence-electron chi connectivity index (χ3n) is 5.26. The molecule has 2 aromatic rings. The zero-order chi connectivity index (χ0) is 23.5. The van der Waals surface area contributed by atoms with Crippen molar-refractivity contribution in [1.82, 2.24) is 15.3 Å². The summed E-state index contributed by atoms with van der Waals surface area (Å²) in [5, 5.41) is 13.0. The lowest BCUT2D eigenvalue weighted by Crippen LogP contribution is -2.26. The predicted molar refractivity (Wildman–Crippen MR) is 122 cm³/mol. The smallest absolute Gasteiger partial charge is 0.355 e. The van der Waals surface area contributed by atoms with Crippen molar-refractivity contribution in [3.63, 3.8) is 0 Å². The largest absolute Gasteiger partial charge is 0.461 e. The Morgan fingerprint density at radius 1 is 1.39 bits per heavy atom. The molecule has 1 unspecified atom stereocenters. The summed E-state index contributed by atoms with van der Waals surface area (Å²) in [6.45, 7) is 2.54. The average molecular weight is 473 g/mol. The van der Waals surface area contributed by atoms with E-state index in [1.807, 2.05) is 4.90 Å². The van der Waals surface area contributed by atoms with Gasteiger partial charge in [-0.05, 0) is 44.0 Å². The van der Waals surface area contributed by atoms with Crippen LogP contribution in [0.15, 0.2) is 46.6 Å². The van der Waals surface area contributed by atoms with E-state index in [0.29, 0.717) is 23.8 Å². The van der Waals surface area contributed by atoms with Crippen molar-refractivity contribution in [3.05, 3.63) is 69.6 Å². The van der Waals surface area contributed by atoms with Crippen LogP contribution in [0.3, 0.4) is 0 Å². The minimum atomic E-state index is -0.519. The van der Waals surface area contributed by atoms with Gasteiger partial charge >= 0.3 is 5.97 Å². The molecular weight excluding hydrogens is 450 g/mol.